The predicted molar refractivity (Wildman–Crippen MR) is 23.6 cm³/mol. The Bertz CT molecular complexity index is 17.2. The summed E-state index contributed by atoms with van der Waals surface area (Å²) in [7, 11) is 0. The molecule has 0 atom stereocenters. The van der Waals surface area contributed by atoms with Crippen LogP contribution in [0.4, 0.5) is 0 Å². The Kier molecular flexibility index (Phi) is 233. The summed E-state index contributed by atoms with van der Waals surface area (Å²) in [5, 5.41) is 0. The van der Waals surface area contributed by atoms with E-state index >= 15 is 0 Å². The molecule has 0 amide bonds. The largest absolute Gasteiger partial charge is 2.00 e. The van der Waals surface area contributed by atoms with Gasteiger partial charge < -0.3 is 15.2 Å². The van der Waals surface area contributed by atoms with Gasteiger partial charge in [-0.25, -0.2) is 0 Å². The van der Waals surface area contributed by atoms with E-state index in [2.05, 4.69) is 0 Å². The molecule has 0 fully saturated rings. The van der Waals surface area contributed by atoms with Crippen LogP contribution in [0, 0.1) is 0 Å². The van der Waals surface area contributed by atoms with E-state index in [1.165, 1.54) is 0 Å². The van der Waals surface area contributed by atoms with E-state index in [1.54, 1.807) is 0 Å². The van der Waals surface area contributed by atoms with Gasteiger partial charge in [0.15, 0.2) is 0 Å². The van der Waals surface area contributed by atoms with E-state index in [1.807, 2.05) is 0 Å². The van der Waals surface area contributed by atoms with Crippen molar-refractivity contribution in [3.05, 3.63) is 0 Å². The number of hydrogen-bond donors (Lipinski definition) is 0. The molecule has 0 saturated heterocycles. The monoisotopic (exact) mass is 154 g/mol. The standard InChI is InChI=1S/Ca.ClH.K.2H2O.3H/h;1H;;2*1H2;;;/q+2;;+1;;;3*-1. The molecule has 0 bridgehead atoms. The molecule has 0 radical (unpaired) electrons. The fraction of sp³-hybridized carbons (Fsp3) is 0. The van der Waals surface area contributed by atoms with Gasteiger partial charge in [-0.15, -0.1) is 12.4 Å². The van der Waals surface area contributed by atoms with Crippen molar-refractivity contribution in [2.45, 2.75) is 0 Å². The predicted octanol–water partition coefficient (Wildman–Crippen LogP) is -4.27. The van der Waals surface area contributed by atoms with Gasteiger partial charge in [-0.05, 0) is 0 Å². The molecule has 5 heteroatoms. The maximum atomic E-state index is 0. The molecule has 0 rings (SSSR count). The molecule has 0 saturated carbocycles. The summed E-state index contributed by atoms with van der Waals surface area (Å²) in [4.78, 5) is 0. The van der Waals surface area contributed by atoms with Gasteiger partial charge in [-0.2, -0.15) is 0 Å². The molecule has 0 aromatic carbocycles. The average molecular weight is 155 g/mol. The third-order valence-corrected chi connectivity index (χ3v) is 0. The Morgan fingerprint density at radius 3 is 1.00 bits per heavy atom. The van der Waals surface area contributed by atoms with Gasteiger partial charge >= 0.3 is 89.1 Å². The van der Waals surface area contributed by atoms with E-state index in [0.717, 1.165) is 0 Å². The summed E-state index contributed by atoms with van der Waals surface area (Å²) < 4.78 is 0. The van der Waals surface area contributed by atoms with E-state index in [4.69, 9.17) is 0 Å². The van der Waals surface area contributed by atoms with Crippen LogP contribution >= 0.6 is 12.4 Å². The first kappa shape index (κ1) is 42.4. The van der Waals surface area contributed by atoms with Crippen LogP contribution in [0.5, 0.6) is 0 Å². The Hall–Kier alpha value is 3.11. The Morgan fingerprint density at radius 1 is 1.00 bits per heavy atom. The summed E-state index contributed by atoms with van der Waals surface area (Å²) in [5.74, 6) is 0. The number of halogens is 1. The first-order valence-electron chi connectivity index (χ1n) is 0. The zero-order chi connectivity index (χ0) is 0. The van der Waals surface area contributed by atoms with Gasteiger partial charge in [-0.3, -0.25) is 0 Å². The van der Waals surface area contributed by atoms with E-state index < -0.39 is 0 Å². The maximum Gasteiger partial charge on any atom is 2.00 e. The Morgan fingerprint density at radius 2 is 1.00 bits per heavy atom. The van der Waals surface area contributed by atoms with Crippen LogP contribution in [0.25, 0.3) is 0 Å². The molecular formula is H8CaClKO2. The molecule has 0 aliphatic heterocycles. The van der Waals surface area contributed by atoms with Crippen molar-refractivity contribution in [2.75, 3.05) is 0 Å². The Labute approximate surface area is 114 Å². The van der Waals surface area contributed by atoms with Crippen LogP contribution in [0.1, 0.15) is 4.28 Å². The summed E-state index contributed by atoms with van der Waals surface area (Å²) in [6.07, 6.45) is 0. The van der Waals surface area contributed by atoms with Crippen molar-refractivity contribution in [2.24, 2.45) is 0 Å². The van der Waals surface area contributed by atoms with Crippen molar-refractivity contribution < 1.29 is 66.6 Å². The van der Waals surface area contributed by atoms with Crippen molar-refractivity contribution in [3.8, 4) is 0 Å². The minimum Gasteiger partial charge on any atom is -1.00 e. The maximum absolute atomic E-state index is 0. The van der Waals surface area contributed by atoms with Gasteiger partial charge in [0.2, 0.25) is 0 Å². The van der Waals surface area contributed by atoms with Crippen LogP contribution in [0.2, 0.25) is 0 Å². The minimum atomic E-state index is 0. The molecule has 4 N–H and O–H groups in total. The Balaban J connectivity index is 0. The molecule has 0 spiro atoms. The molecule has 2 nitrogen and oxygen atoms in total. The van der Waals surface area contributed by atoms with E-state index in [-0.39, 0.29) is 117 Å². The summed E-state index contributed by atoms with van der Waals surface area (Å²) in [5.41, 5.74) is 0. The van der Waals surface area contributed by atoms with Crippen LogP contribution < -0.4 is 51.4 Å². The number of rotatable bonds is 0. The third kappa shape index (κ3) is 19.2. The second kappa shape index (κ2) is 27.5. The molecule has 0 aliphatic rings. The smallest absolute Gasteiger partial charge is 1.00 e. The molecule has 0 aromatic rings. The third-order valence-electron chi connectivity index (χ3n) is 0. The second-order valence-corrected chi connectivity index (χ2v) is 0. The quantitative estimate of drug-likeness (QED) is 0.318. The molecule has 0 aliphatic carbocycles. The first-order chi connectivity index (χ1) is 0. The topological polar surface area (TPSA) is 63.0 Å². The summed E-state index contributed by atoms with van der Waals surface area (Å²) >= 11 is 0. The van der Waals surface area contributed by atoms with Crippen LogP contribution in [-0.4, -0.2) is 48.7 Å². The second-order valence-electron chi connectivity index (χ2n) is 0. The van der Waals surface area contributed by atoms with Crippen molar-refractivity contribution in [1.29, 1.82) is 0 Å². The van der Waals surface area contributed by atoms with Gasteiger partial charge in [0.05, 0.1) is 0 Å². The molecular weight excluding hydrogens is 147 g/mol. The zero-order valence-corrected chi connectivity index (χ0v) is 9.26. The van der Waals surface area contributed by atoms with Gasteiger partial charge in [0.1, 0.15) is 0 Å². The molecule has 0 unspecified atom stereocenters. The molecule has 30 valence electrons. The van der Waals surface area contributed by atoms with Crippen LogP contribution in [0.3, 0.4) is 0 Å². The van der Waals surface area contributed by atoms with Crippen molar-refractivity contribution in [3.63, 3.8) is 0 Å². The molecule has 5 heavy (non-hydrogen) atoms. The average Bonchev–Trinajstić information content (AvgIpc) is 0. The normalized spacial score (nSPS) is 0. The fourth-order valence-corrected chi connectivity index (χ4v) is 0. The molecule has 0 aromatic heterocycles. The SMILES string of the molecule is Cl.O.O.[Ca+2].[H-].[H-].[H-].[K+]. The van der Waals surface area contributed by atoms with Crippen LogP contribution in [0.15, 0.2) is 0 Å². The van der Waals surface area contributed by atoms with Gasteiger partial charge in [0.25, 0.3) is 0 Å². The first-order valence-corrected chi connectivity index (χ1v) is 0. The summed E-state index contributed by atoms with van der Waals surface area (Å²) in [6.45, 7) is 0. The zero-order valence-electron chi connectivity index (χ0n) is 6.12. The van der Waals surface area contributed by atoms with Crippen LogP contribution in [-0.2, 0) is 0 Å². The van der Waals surface area contributed by atoms with Gasteiger partial charge in [0, 0.05) is 0 Å². The van der Waals surface area contributed by atoms with Gasteiger partial charge in [-0.1, -0.05) is 0 Å². The minimum absolute atomic E-state index is 0. The molecule has 0 heterocycles. The van der Waals surface area contributed by atoms with Crippen molar-refractivity contribution in [1.82, 2.24) is 0 Å². The number of hydrogen-bond acceptors (Lipinski definition) is 0. The summed E-state index contributed by atoms with van der Waals surface area (Å²) in [6, 6.07) is 0. The fourth-order valence-electron chi connectivity index (χ4n) is 0. The van der Waals surface area contributed by atoms with E-state index in [0.29, 0.717) is 0 Å². The van der Waals surface area contributed by atoms with E-state index in [9.17, 15) is 0 Å². The van der Waals surface area contributed by atoms with Crippen molar-refractivity contribution >= 4 is 50.1 Å².